The molecule has 0 aromatic rings. The number of halogens is 1. The SMILES string of the molecule is CC1(C)S[N+](C)(C)CC1C([NH3+])=O.[Cl-]. The first kappa shape index (κ1) is 13.2. The minimum absolute atomic E-state index is 0. The Morgan fingerprint density at radius 1 is 1.54 bits per heavy atom. The Morgan fingerprint density at radius 3 is 2.15 bits per heavy atom. The van der Waals surface area contributed by atoms with Crippen LogP contribution in [0.25, 0.3) is 0 Å². The van der Waals surface area contributed by atoms with Crippen molar-refractivity contribution in [2.24, 2.45) is 5.92 Å². The van der Waals surface area contributed by atoms with Crippen LogP contribution in [0.15, 0.2) is 0 Å². The van der Waals surface area contributed by atoms with E-state index in [2.05, 4.69) is 33.7 Å². The molecule has 0 aliphatic carbocycles. The lowest BCUT2D eigenvalue weighted by Crippen LogP contribution is -3.00. The molecule has 3 N–H and O–H groups in total. The van der Waals surface area contributed by atoms with E-state index in [0.29, 0.717) is 0 Å². The van der Waals surface area contributed by atoms with Gasteiger partial charge in [0.2, 0.25) is 0 Å². The molecule has 0 radical (unpaired) electrons. The first-order valence-corrected chi connectivity index (χ1v) is 4.91. The Balaban J connectivity index is 0.00000144. The van der Waals surface area contributed by atoms with Gasteiger partial charge in [-0.3, -0.25) is 9.62 Å². The molecule has 1 aliphatic rings. The van der Waals surface area contributed by atoms with Crippen molar-refractivity contribution in [3.63, 3.8) is 0 Å². The summed E-state index contributed by atoms with van der Waals surface area (Å²) in [7, 11) is 4.27. The highest BCUT2D eigenvalue weighted by atomic mass is 35.5. The number of quaternary nitrogens is 2. The number of rotatable bonds is 1. The molecule has 1 saturated heterocycles. The van der Waals surface area contributed by atoms with Crippen LogP contribution in [0, 0.1) is 5.92 Å². The fraction of sp³-hybridized carbons (Fsp3) is 0.875. The molecule has 1 heterocycles. The first-order valence-electron chi connectivity index (χ1n) is 4.14. The number of hydrogen-bond acceptors (Lipinski definition) is 2. The molecule has 0 spiro atoms. The monoisotopic (exact) mass is 225 g/mol. The molecule has 1 rings (SSSR count). The minimum atomic E-state index is 0. The third-order valence-electron chi connectivity index (χ3n) is 2.33. The van der Waals surface area contributed by atoms with E-state index in [9.17, 15) is 4.79 Å². The number of carbonyl (C=O) groups excluding carboxylic acids is 1. The van der Waals surface area contributed by atoms with Crippen LogP contribution in [0.2, 0.25) is 0 Å². The summed E-state index contributed by atoms with van der Waals surface area (Å²) in [5.41, 5.74) is 3.52. The highest BCUT2D eigenvalue weighted by molar-refractivity contribution is 7.95. The molecule has 0 bridgehead atoms. The van der Waals surface area contributed by atoms with Gasteiger partial charge in [-0.15, -0.1) is 0 Å². The van der Waals surface area contributed by atoms with Crippen molar-refractivity contribution in [2.75, 3.05) is 20.6 Å². The highest BCUT2D eigenvalue weighted by Gasteiger charge is 2.52. The van der Waals surface area contributed by atoms with Crippen LogP contribution in [0.3, 0.4) is 0 Å². The van der Waals surface area contributed by atoms with Gasteiger partial charge in [0.1, 0.15) is 12.5 Å². The van der Waals surface area contributed by atoms with Crippen LogP contribution < -0.4 is 18.1 Å². The molecule has 13 heavy (non-hydrogen) atoms. The highest BCUT2D eigenvalue weighted by Crippen LogP contribution is 2.45. The van der Waals surface area contributed by atoms with Gasteiger partial charge in [0, 0.05) is 0 Å². The largest absolute Gasteiger partial charge is 1.00 e. The van der Waals surface area contributed by atoms with Crippen LogP contribution in [0.4, 0.5) is 0 Å². The molecule has 1 atom stereocenters. The van der Waals surface area contributed by atoms with Crippen LogP contribution in [-0.2, 0) is 4.79 Å². The Labute approximate surface area is 90.2 Å². The summed E-state index contributed by atoms with van der Waals surface area (Å²) in [6.45, 7) is 5.15. The zero-order valence-electron chi connectivity index (χ0n) is 8.63. The maximum Gasteiger partial charge on any atom is 0.319 e. The fourth-order valence-electron chi connectivity index (χ4n) is 1.89. The predicted molar refractivity (Wildman–Crippen MR) is 50.0 cm³/mol. The molecule has 3 nitrogen and oxygen atoms in total. The molecule has 0 aromatic carbocycles. The van der Waals surface area contributed by atoms with Crippen molar-refractivity contribution in [3.05, 3.63) is 0 Å². The van der Waals surface area contributed by atoms with Crippen LogP contribution >= 0.6 is 11.9 Å². The van der Waals surface area contributed by atoms with Crippen LogP contribution in [0.1, 0.15) is 13.8 Å². The molecule has 5 heteroatoms. The van der Waals surface area contributed by atoms with Crippen molar-refractivity contribution < 1.29 is 26.8 Å². The smallest absolute Gasteiger partial charge is 0.319 e. The van der Waals surface area contributed by atoms with Crippen molar-refractivity contribution in [3.8, 4) is 0 Å². The van der Waals surface area contributed by atoms with Gasteiger partial charge >= 0.3 is 5.91 Å². The quantitative estimate of drug-likeness (QED) is 0.380. The maximum absolute atomic E-state index is 11.2. The lowest BCUT2D eigenvalue weighted by Gasteiger charge is -2.21. The summed E-state index contributed by atoms with van der Waals surface area (Å²) in [5.74, 6) is 0.189. The second-order valence-corrected chi connectivity index (χ2v) is 6.69. The lowest BCUT2D eigenvalue weighted by atomic mass is 9.94. The summed E-state index contributed by atoms with van der Waals surface area (Å²) < 4.78 is 0.904. The Morgan fingerprint density at radius 2 is 2.00 bits per heavy atom. The van der Waals surface area contributed by atoms with E-state index < -0.39 is 0 Å². The molecular formula is C8H18ClN2OS+. The Hall–Kier alpha value is 0.230. The number of carbonyl (C=O) groups is 1. The van der Waals surface area contributed by atoms with Gasteiger partial charge in [-0.25, -0.2) is 4.79 Å². The van der Waals surface area contributed by atoms with Gasteiger partial charge in [-0.2, -0.15) is 0 Å². The van der Waals surface area contributed by atoms with Crippen LogP contribution in [0.5, 0.6) is 0 Å². The molecule has 1 fully saturated rings. The first-order chi connectivity index (χ1) is 5.25. The lowest BCUT2D eigenvalue weighted by molar-refractivity contribution is -0.747. The van der Waals surface area contributed by atoms with Crippen molar-refractivity contribution in [2.45, 2.75) is 18.6 Å². The van der Waals surface area contributed by atoms with Crippen molar-refractivity contribution >= 4 is 17.9 Å². The van der Waals surface area contributed by atoms with E-state index in [1.807, 2.05) is 11.9 Å². The third-order valence-corrected chi connectivity index (χ3v) is 3.73. The summed E-state index contributed by atoms with van der Waals surface area (Å²) in [6, 6.07) is 0. The zero-order chi connectivity index (χ0) is 9.57. The van der Waals surface area contributed by atoms with E-state index in [-0.39, 0.29) is 29.0 Å². The molecule has 0 saturated carbocycles. The summed E-state index contributed by atoms with van der Waals surface area (Å²) in [4.78, 5) is 11.2. The standard InChI is InChI=1S/C8H16N2OS.ClH/c1-8(2)6(7(9)11)5-10(3,4)12-8;/h6H,5H2,1-4H3,(H-,9,11);1H/p+1. The van der Waals surface area contributed by atoms with E-state index >= 15 is 0 Å². The molecule has 0 aromatic heterocycles. The molecular weight excluding hydrogens is 208 g/mol. The average molecular weight is 226 g/mol. The van der Waals surface area contributed by atoms with E-state index in [0.717, 1.165) is 10.4 Å². The fourth-order valence-corrected chi connectivity index (χ4v) is 3.72. The van der Waals surface area contributed by atoms with Crippen LogP contribution in [-0.4, -0.2) is 35.2 Å². The van der Waals surface area contributed by atoms with Gasteiger partial charge in [-0.05, 0) is 13.8 Å². The van der Waals surface area contributed by atoms with E-state index in [4.69, 9.17) is 0 Å². The molecule has 1 unspecified atom stereocenters. The molecule has 78 valence electrons. The van der Waals surface area contributed by atoms with Gasteiger partial charge in [0.25, 0.3) is 0 Å². The maximum atomic E-state index is 11.2. The second kappa shape index (κ2) is 3.77. The van der Waals surface area contributed by atoms with E-state index in [1.54, 1.807) is 0 Å². The Kier molecular flexibility index (Phi) is 3.84. The second-order valence-electron chi connectivity index (χ2n) is 4.47. The number of hydrogen-bond donors (Lipinski definition) is 1. The van der Waals surface area contributed by atoms with Gasteiger partial charge in [0.05, 0.1) is 30.8 Å². The summed E-state index contributed by atoms with van der Waals surface area (Å²) in [5, 5.41) is 0. The normalized spacial score (nSPS) is 29.5. The van der Waals surface area contributed by atoms with Crippen molar-refractivity contribution in [1.29, 1.82) is 0 Å². The van der Waals surface area contributed by atoms with Gasteiger partial charge < -0.3 is 12.4 Å². The van der Waals surface area contributed by atoms with E-state index in [1.165, 1.54) is 0 Å². The Bertz CT molecular complexity index is 218. The topological polar surface area (TPSA) is 44.7 Å². The minimum Gasteiger partial charge on any atom is -1.00 e. The average Bonchev–Trinajstić information content (AvgIpc) is 1.99. The van der Waals surface area contributed by atoms with Gasteiger partial charge in [0.15, 0.2) is 0 Å². The summed E-state index contributed by atoms with van der Waals surface area (Å²) >= 11 is 1.84. The number of amides is 1. The third kappa shape index (κ3) is 2.84. The zero-order valence-corrected chi connectivity index (χ0v) is 10.2. The molecule has 1 amide bonds. The summed E-state index contributed by atoms with van der Waals surface area (Å²) in [6.07, 6.45) is 0. The number of nitrogens with zero attached hydrogens (tertiary/aromatic N) is 1. The van der Waals surface area contributed by atoms with Crippen molar-refractivity contribution in [1.82, 2.24) is 0 Å². The molecule has 1 aliphatic heterocycles. The predicted octanol–water partition coefficient (Wildman–Crippen LogP) is -3.11. The van der Waals surface area contributed by atoms with Gasteiger partial charge in [-0.1, -0.05) is 0 Å².